The van der Waals surface area contributed by atoms with Crippen molar-refractivity contribution in [3.05, 3.63) is 84.0 Å². The minimum atomic E-state index is -0.208. The predicted octanol–water partition coefficient (Wildman–Crippen LogP) is 6.36. The van der Waals surface area contributed by atoms with E-state index in [1.165, 1.54) is 0 Å². The van der Waals surface area contributed by atoms with Gasteiger partial charge in [-0.05, 0) is 80.1 Å². The molecule has 2 aromatic carbocycles. The Kier molecular flexibility index (Phi) is 10.5. The maximum absolute atomic E-state index is 6.48. The highest BCUT2D eigenvalue weighted by atomic mass is 35.5. The number of rotatable bonds is 12. The van der Waals surface area contributed by atoms with Gasteiger partial charge in [0.25, 0.3) is 5.88 Å². The molecule has 1 saturated carbocycles. The number of halogens is 1. The van der Waals surface area contributed by atoms with Gasteiger partial charge in [-0.3, -0.25) is 9.58 Å². The van der Waals surface area contributed by atoms with Crippen LogP contribution in [0.25, 0.3) is 11.1 Å². The lowest BCUT2D eigenvalue weighted by atomic mass is 9.89. The van der Waals surface area contributed by atoms with Gasteiger partial charge in [0, 0.05) is 37.1 Å². The number of tetrazole rings is 1. The van der Waals surface area contributed by atoms with Crippen molar-refractivity contribution in [1.82, 2.24) is 44.9 Å². The first-order chi connectivity index (χ1) is 24.4. The molecule has 262 valence electrons. The molecule has 7 rings (SSSR count). The van der Waals surface area contributed by atoms with Crippen molar-refractivity contribution in [1.29, 1.82) is 0 Å². The van der Waals surface area contributed by atoms with Crippen LogP contribution in [-0.2, 0) is 17.9 Å². The number of hydrogen-bond acceptors (Lipinski definition) is 11. The molecule has 0 spiro atoms. The highest BCUT2D eigenvalue weighted by Gasteiger charge is 2.32. The van der Waals surface area contributed by atoms with E-state index in [-0.39, 0.29) is 24.4 Å². The van der Waals surface area contributed by atoms with Gasteiger partial charge in [-0.1, -0.05) is 48.0 Å². The lowest BCUT2D eigenvalue weighted by molar-refractivity contribution is -0.0852. The summed E-state index contributed by atoms with van der Waals surface area (Å²) in [5.41, 5.74) is 3.49. The largest absolute Gasteiger partial charge is 0.487 e. The second-order valence-corrected chi connectivity index (χ2v) is 13.7. The molecule has 2 fully saturated rings. The van der Waals surface area contributed by atoms with Crippen molar-refractivity contribution < 1.29 is 14.2 Å². The van der Waals surface area contributed by atoms with E-state index in [4.69, 9.17) is 30.9 Å². The molecule has 14 heteroatoms. The van der Waals surface area contributed by atoms with Gasteiger partial charge in [0.05, 0.1) is 36.0 Å². The molecule has 1 aliphatic heterocycles. The van der Waals surface area contributed by atoms with Crippen molar-refractivity contribution in [3.8, 4) is 22.8 Å². The van der Waals surface area contributed by atoms with Crippen molar-refractivity contribution >= 4 is 23.2 Å². The van der Waals surface area contributed by atoms with Crippen LogP contribution in [0.1, 0.15) is 58.1 Å². The Labute approximate surface area is 296 Å². The average Bonchev–Trinajstić information content (AvgIpc) is 3.79. The topological polar surface area (TPSA) is 130 Å². The monoisotopic (exact) mass is 698 g/mol. The summed E-state index contributed by atoms with van der Waals surface area (Å²) in [5.74, 6) is 1.52. The van der Waals surface area contributed by atoms with Crippen LogP contribution in [0.4, 0.5) is 11.6 Å². The fourth-order valence-corrected chi connectivity index (χ4v) is 7.06. The van der Waals surface area contributed by atoms with Crippen LogP contribution >= 0.6 is 11.6 Å². The number of nitrogens with zero attached hydrogens (tertiary/aromatic N) is 9. The standard InChI is InChI=1S/C36H43ClN10O3/c1-24-18-45(19-25(2)49-24)30-10-12-31(13-11-30)47-21-33(35(42-47)48-22-27-7-5-4-6-8-27)41-36-38-16-29(17-39-36)28-9-14-32(37)34(15-28)50-26(3)20-46-23-40-43-44-46/h4-9,14-17,21,23-26,30-31H,10-13,18-20,22H2,1-3H3,(H,38,39,41)/t24-,25+,26-,30?,31?/m0/s1. The number of nitrogens with one attached hydrogen (secondary N) is 1. The summed E-state index contributed by atoms with van der Waals surface area (Å²) in [6.45, 7) is 9.18. The Morgan fingerprint density at radius 1 is 0.960 bits per heavy atom. The predicted molar refractivity (Wildman–Crippen MR) is 190 cm³/mol. The van der Waals surface area contributed by atoms with Crippen molar-refractivity contribution in [3.63, 3.8) is 0 Å². The van der Waals surface area contributed by atoms with Crippen LogP contribution in [0.2, 0.25) is 5.02 Å². The molecule has 2 aliphatic rings. The van der Waals surface area contributed by atoms with E-state index in [0.29, 0.717) is 41.8 Å². The van der Waals surface area contributed by atoms with E-state index >= 15 is 0 Å². The highest BCUT2D eigenvalue weighted by Crippen LogP contribution is 2.36. The van der Waals surface area contributed by atoms with Gasteiger partial charge in [-0.2, -0.15) is 0 Å². The van der Waals surface area contributed by atoms with Crippen LogP contribution in [0.15, 0.2) is 73.4 Å². The molecule has 0 amide bonds. The molecule has 0 radical (unpaired) electrons. The summed E-state index contributed by atoms with van der Waals surface area (Å²) in [4.78, 5) is 11.9. The molecule has 1 saturated heterocycles. The molecule has 0 bridgehead atoms. The summed E-state index contributed by atoms with van der Waals surface area (Å²) in [5, 5.41) is 20.1. The summed E-state index contributed by atoms with van der Waals surface area (Å²) >= 11 is 6.48. The van der Waals surface area contributed by atoms with Crippen LogP contribution < -0.4 is 14.8 Å². The van der Waals surface area contributed by atoms with Crippen LogP contribution in [-0.4, -0.2) is 82.3 Å². The van der Waals surface area contributed by atoms with E-state index in [1.807, 2.05) is 61.7 Å². The minimum Gasteiger partial charge on any atom is -0.487 e. The van der Waals surface area contributed by atoms with Crippen LogP contribution in [0.5, 0.6) is 11.6 Å². The molecule has 50 heavy (non-hydrogen) atoms. The number of aromatic nitrogens is 8. The quantitative estimate of drug-likeness (QED) is 0.156. The normalized spacial score (nSPS) is 21.8. The lowest BCUT2D eigenvalue weighted by Crippen LogP contribution is -2.51. The highest BCUT2D eigenvalue weighted by molar-refractivity contribution is 6.32. The van der Waals surface area contributed by atoms with Gasteiger partial charge in [0.1, 0.15) is 30.5 Å². The maximum Gasteiger partial charge on any atom is 0.257 e. The van der Waals surface area contributed by atoms with Crippen molar-refractivity contribution in [2.24, 2.45) is 0 Å². The van der Waals surface area contributed by atoms with E-state index < -0.39 is 0 Å². The van der Waals surface area contributed by atoms with Gasteiger partial charge < -0.3 is 19.5 Å². The van der Waals surface area contributed by atoms with Gasteiger partial charge >= 0.3 is 0 Å². The van der Waals surface area contributed by atoms with Gasteiger partial charge in [0.2, 0.25) is 5.95 Å². The van der Waals surface area contributed by atoms with Gasteiger partial charge in [-0.25, -0.2) is 14.6 Å². The molecule has 5 aromatic rings. The first kappa shape index (κ1) is 33.9. The molecule has 13 nitrogen and oxygen atoms in total. The van der Waals surface area contributed by atoms with Crippen molar-refractivity contribution in [2.45, 2.75) is 90.0 Å². The van der Waals surface area contributed by atoms with Gasteiger partial charge in [0.15, 0.2) is 0 Å². The third-order valence-electron chi connectivity index (χ3n) is 9.25. The SMILES string of the molecule is C[C@@H]1CN(C2CCC(n3cc(Nc4ncc(-c5ccc(Cl)c(O[C@@H](C)Cn6cnnn6)c5)cn4)c(OCc4ccccc4)n3)CC2)C[C@H](C)O1. The van der Waals surface area contributed by atoms with E-state index in [1.54, 1.807) is 23.4 Å². The zero-order chi connectivity index (χ0) is 34.5. The second-order valence-electron chi connectivity index (χ2n) is 13.3. The minimum absolute atomic E-state index is 0.208. The number of ether oxygens (including phenoxy) is 3. The lowest BCUT2D eigenvalue weighted by Gasteiger charge is -2.42. The Hall–Kier alpha value is -4.59. The Morgan fingerprint density at radius 2 is 1.70 bits per heavy atom. The second kappa shape index (κ2) is 15.5. The molecule has 4 heterocycles. The Morgan fingerprint density at radius 3 is 2.42 bits per heavy atom. The third-order valence-corrected chi connectivity index (χ3v) is 9.56. The molecule has 1 aliphatic carbocycles. The molecular formula is C36H43ClN10O3. The molecule has 3 aromatic heterocycles. The fourth-order valence-electron chi connectivity index (χ4n) is 6.90. The van der Waals surface area contributed by atoms with E-state index in [2.05, 4.69) is 54.2 Å². The maximum atomic E-state index is 6.48. The summed E-state index contributed by atoms with van der Waals surface area (Å²) in [6, 6.07) is 16.6. The summed E-state index contributed by atoms with van der Waals surface area (Å²) in [6.07, 6.45) is 11.8. The summed E-state index contributed by atoms with van der Waals surface area (Å²) < 4.78 is 22.1. The number of hydrogen-bond donors (Lipinski definition) is 1. The first-order valence-electron chi connectivity index (χ1n) is 17.3. The number of benzene rings is 2. The molecule has 1 N–H and O–H groups in total. The molecular weight excluding hydrogens is 656 g/mol. The molecule has 0 unspecified atom stereocenters. The summed E-state index contributed by atoms with van der Waals surface area (Å²) in [7, 11) is 0. The van der Waals surface area contributed by atoms with Crippen molar-refractivity contribution in [2.75, 3.05) is 18.4 Å². The zero-order valence-corrected chi connectivity index (χ0v) is 29.4. The van der Waals surface area contributed by atoms with Crippen LogP contribution in [0, 0.1) is 0 Å². The average molecular weight is 699 g/mol. The molecule has 3 atom stereocenters. The zero-order valence-electron chi connectivity index (χ0n) is 28.6. The van der Waals surface area contributed by atoms with E-state index in [9.17, 15) is 0 Å². The van der Waals surface area contributed by atoms with Crippen LogP contribution in [0.3, 0.4) is 0 Å². The number of anilines is 2. The van der Waals surface area contributed by atoms with Gasteiger partial charge in [-0.15, -0.1) is 10.2 Å². The smallest absolute Gasteiger partial charge is 0.257 e. The third kappa shape index (κ3) is 8.40. The number of morpholine rings is 1. The Bertz CT molecular complexity index is 1800. The Balaban J connectivity index is 1.04. The first-order valence-corrected chi connectivity index (χ1v) is 17.7. The van der Waals surface area contributed by atoms with E-state index in [0.717, 1.165) is 61.2 Å². The fraction of sp³-hybridized carbons (Fsp3) is 0.444.